The molecule has 4 rings (SSSR count). The zero-order chi connectivity index (χ0) is 22.3. The maximum atomic E-state index is 12.5. The van der Waals surface area contributed by atoms with E-state index in [2.05, 4.69) is 63.4 Å². The Balaban J connectivity index is 1.45. The topological polar surface area (TPSA) is 69.0 Å². The van der Waals surface area contributed by atoms with Crippen LogP contribution in [0.15, 0.2) is 71.9 Å². The van der Waals surface area contributed by atoms with Gasteiger partial charge in [-0.05, 0) is 42.3 Å². The molecule has 32 heavy (non-hydrogen) atoms. The Bertz CT molecular complexity index is 1220. The number of hydrogen-bond donors (Lipinski definition) is 1. The Morgan fingerprint density at radius 2 is 1.78 bits per heavy atom. The smallest absolute Gasteiger partial charge is 0.234 e. The normalized spacial score (nSPS) is 10.9. The van der Waals surface area contributed by atoms with Gasteiger partial charge in [-0.3, -0.25) is 4.79 Å². The van der Waals surface area contributed by atoms with E-state index in [9.17, 15) is 4.79 Å². The van der Waals surface area contributed by atoms with E-state index in [1.807, 2.05) is 37.3 Å². The van der Waals surface area contributed by atoms with Crippen LogP contribution in [0.4, 0.5) is 5.69 Å². The first-order valence-corrected chi connectivity index (χ1v) is 11.7. The van der Waals surface area contributed by atoms with E-state index in [4.69, 9.17) is 4.74 Å². The number of para-hydroxylation sites is 2. The first-order chi connectivity index (χ1) is 15.7. The number of carbonyl (C=O) groups is 1. The number of nitrogens with zero attached hydrogens (tertiary/aromatic N) is 3. The molecule has 0 saturated heterocycles. The van der Waals surface area contributed by atoms with Gasteiger partial charge in [0.25, 0.3) is 0 Å². The van der Waals surface area contributed by atoms with Crippen LogP contribution in [-0.4, -0.2) is 33.0 Å². The van der Waals surface area contributed by atoms with E-state index in [0.29, 0.717) is 24.5 Å². The number of benzene rings is 3. The summed E-state index contributed by atoms with van der Waals surface area (Å²) in [5.41, 5.74) is 1.89. The van der Waals surface area contributed by atoms with E-state index >= 15 is 0 Å². The van der Waals surface area contributed by atoms with E-state index in [1.54, 1.807) is 0 Å². The molecule has 1 N–H and O–H groups in total. The Kier molecular flexibility index (Phi) is 7.07. The zero-order valence-corrected chi connectivity index (χ0v) is 19.1. The minimum absolute atomic E-state index is 0.108. The van der Waals surface area contributed by atoms with Crippen molar-refractivity contribution >= 4 is 34.1 Å². The van der Waals surface area contributed by atoms with Gasteiger partial charge in [0, 0.05) is 13.0 Å². The standard InChI is InChI=1S/C25H26N4O2S/c1-3-29-23(16-19-12-9-11-18-10-5-6-13-20(18)19)27-28-25(29)32-17-24(30)26-21-14-7-8-15-22(21)31-4-2/h5-15H,3-4,16-17H2,1-2H3,(H,26,30). The fraction of sp³-hybridized carbons (Fsp3) is 0.240. The second kappa shape index (κ2) is 10.3. The number of thioether (sulfide) groups is 1. The predicted molar refractivity (Wildman–Crippen MR) is 129 cm³/mol. The summed E-state index contributed by atoms with van der Waals surface area (Å²) in [6.07, 6.45) is 0.691. The van der Waals surface area contributed by atoms with Crippen molar-refractivity contribution in [1.82, 2.24) is 14.8 Å². The summed E-state index contributed by atoms with van der Waals surface area (Å²) in [4.78, 5) is 12.5. The van der Waals surface area contributed by atoms with Gasteiger partial charge < -0.3 is 14.6 Å². The maximum absolute atomic E-state index is 12.5. The molecule has 1 heterocycles. The SMILES string of the molecule is CCOc1ccccc1NC(=O)CSc1nnc(Cc2cccc3ccccc23)n1CC. The number of fused-ring (bicyclic) bond motifs is 1. The molecule has 0 spiro atoms. The average Bonchev–Trinajstić information content (AvgIpc) is 3.21. The minimum Gasteiger partial charge on any atom is -0.492 e. The number of anilines is 1. The van der Waals surface area contributed by atoms with Gasteiger partial charge in [0.1, 0.15) is 11.6 Å². The maximum Gasteiger partial charge on any atom is 0.234 e. The summed E-state index contributed by atoms with van der Waals surface area (Å²) in [5.74, 6) is 1.70. The number of rotatable bonds is 9. The summed E-state index contributed by atoms with van der Waals surface area (Å²) in [6.45, 7) is 5.27. The van der Waals surface area contributed by atoms with Crippen molar-refractivity contribution in [1.29, 1.82) is 0 Å². The molecule has 1 amide bonds. The van der Waals surface area contributed by atoms with Gasteiger partial charge in [-0.2, -0.15) is 0 Å². The van der Waals surface area contributed by atoms with Crippen LogP contribution in [0.1, 0.15) is 25.2 Å². The molecule has 7 heteroatoms. The van der Waals surface area contributed by atoms with Crippen LogP contribution < -0.4 is 10.1 Å². The molecule has 0 radical (unpaired) electrons. The molecular weight excluding hydrogens is 420 g/mol. The van der Waals surface area contributed by atoms with Gasteiger partial charge >= 0.3 is 0 Å². The second-order valence-electron chi connectivity index (χ2n) is 7.22. The van der Waals surface area contributed by atoms with E-state index < -0.39 is 0 Å². The molecule has 1 aromatic heterocycles. The van der Waals surface area contributed by atoms with Crippen LogP contribution in [-0.2, 0) is 17.8 Å². The summed E-state index contributed by atoms with van der Waals surface area (Å²) >= 11 is 1.39. The van der Waals surface area contributed by atoms with Crippen molar-refractivity contribution in [2.24, 2.45) is 0 Å². The Morgan fingerprint density at radius 1 is 1.00 bits per heavy atom. The van der Waals surface area contributed by atoms with Crippen molar-refractivity contribution in [3.8, 4) is 5.75 Å². The molecule has 0 saturated carbocycles. The first-order valence-electron chi connectivity index (χ1n) is 10.7. The lowest BCUT2D eigenvalue weighted by Gasteiger charge is -2.11. The lowest BCUT2D eigenvalue weighted by molar-refractivity contribution is -0.113. The molecule has 0 aliphatic carbocycles. The highest BCUT2D eigenvalue weighted by atomic mass is 32.2. The van der Waals surface area contributed by atoms with Crippen molar-refractivity contribution in [3.05, 3.63) is 78.1 Å². The molecular formula is C25H26N4O2S. The fourth-order valence-electron chi connectivity index (χ4n) is 3.66. The van der Waals surface area contributed by atoms with Crippen LogP contribution in [0, 0.1) is 0 Å². The average molecular weight is 447 g/mol. The van der Waals surface area contributed by atoms with Crippen molar-refractivity contribution in [2.75, 3.05) is 17.7 Å². The first kappa shape index (κ1) is 21.9. The monoisotopic (exact) mass is 446 g/mol. The fourth-order valence-corrected chi connectivity index (χ4v) is 4.48. The minimum atomic E-state index is -0.108. The number of amides is 1. The number of hydrogen-bond acceptors (Lipinski definition) is 5. The third-order valence-corrected chi connectivity index (χ3v) is 6.10. The Hall–Kier alpha value is -3.32. The van der Waals surface area contributed by atoms with E-state index in [0.717, 1.165) is 17.5 Å². The Labute approximate surface area is 192 Å². The molecule has 0 unspecified atom stereocenters. The summed E-state index contributed by atoms with van der Waals surface area (Å²) < 4.78 is 7.66. The van der Waals surface area contributed by atoms with Crippen molar-refractivity contribution in [3.63, 3.8) is 0 Å². The Morgan fingerprint density at radius 3 is 2.62 bits per heavy atom. The molecule has 0 fully saturated rings. The van der Waals surface area contributed by atoms with Gasteiger partial charge in [-0.1, -0.05) is 66.4 Å². The number of nitrogens with one attached hydrogen (secondary N) is 1. The number of ether oxygens (including phenoxy) is 1. The molecule has 0 atom stereocenters. The third-order valence-electron chi connectivity index (χ3n) is 5.13. The van der Waals surface area contributed by atoms with Gasteiger partial charge in [0.05, 0.1) is 18.0 Å². The molecule has 0 aliphatic heterocycles. The van der Waals surface area contributed by atoms with Crippen LogP contribution in [0.5, 0.6) is 5.75 Å². The van der Waals surface area contributed by atoms with Gasteiger partial charge in [0.2, 0.25) is 5.91 Å². The molecule has 4 aromatic rings. The highest BCUT2D eigenvalue weighted by Gasteiger charge is 2.15. The third kappa shape index (κ3) is 4.94. The number of aromatic nitrogens is 3. The van der Waals surface area contributed by atoms with E-state index in [-0.39, 0.29) is 11.7 Å². The summed E-state index contributed by atoms with van der Waals surface area (Å²) in [5, 5.41) is 14.9. The van der Waals surface area contributed by atoms with Gasteiger partial charge in [-0.15, -0.1) is 10.2 Å². The van der Waals surface area contributed by atoms with Crippen LogP contribution in [0.2, 0.25) is 0 Å². The highest BCUT2D eigenvalue weighted by Crippen LogP contribution is 2.26. The van der Waals surface area contributed by atoms with Crippen molar-refractivity contribution in [2.45, 2.75) is 32.0 Å². The largest absolute Gasteiger partial charge is 0.492 e. The lowest BCUT2D eigenvalue weighted by Crippen LogP contribution is -2.15. The molecule has 0 aliphatic rings. The zero-order valence-electron chi connectivity index (χ0n) is 18.2. The van der Waals surface area contributed by atoms with Gasteiger partial charge in [-0.25, -0.2) is 0 Å². The quantitative estimate of drug-likeness (QED) is 0.359. The predicted octanol–water partition coefficient (Wildman–Crippen LogP) is 5.17. The summed E-state index contributed by atoms with van der Waals surface area (Å²) in [6, 6.07) is 22.1. The molecule has 0 bridgehead atoms. The molecule has 3 aromatic carbocycles. The highest BCUT2D eigenvalue weighted by molar-refractivity contribution is 7.99. The lowest BCUT2D eigenvalue weighted by atomic mass is 10.0. The van der Waals surface area contributed by atoms with Crippen LogP contribution in [0.3, 0.4) is 0 Å². The van der Waals surface area contributed by atoms with E-state index in [1.165, 1.54) is 28.1 Å². The second-order valence-corrected chi connectivity index (χ2v) is 8.17. The van der Waals surface area contributed by atoms with Crippen molar-refractivity contribution < 1.29 is 9.53 Å². The van der Waals surface area contributed by atoms with Crippen LogP contribution in [0.25, 0.3) is 10.8 Å². The van der Waals surface area contributed by atoms with Crippen LogP contribution >= 0.6 is 11.8 Å². The molecule has 6 nitrogen and oxygen atoms in total. The van der Waals surface area contributed by atoms with Gasteiger partial charge in [0.15, 0.2) is 5.16 Å². The molecule has 164 valence electrons. The number of carbonyl (C=O) groups excluding carboxylic acids is 1. The summed E-state index contributed by atoms with van der Waals surface area (Å²) in [7, 11) is 0.